The van der Waals surface area contributed by atoms with Crippen molar-refractivity contribution in [2.24, 2.45) is 5.92 Å². The van der Waals surface area contributed by atoms with Crippen molar-refractivity contribution in [1.82, 2.24) is 4.98 Å². The Morgan fingerprint density at radius 2 is 1.95 bits per heavy atom. The number of Topliss-reactive ketones (excluding diaryl/α,β-unsaturated/α-hetero) is 1. The fraction of sp³-hybridized carbons (Fsp3) is 0.375. The number of aromatic nitrogens is 1. The normalized spacial score (nSPS) is 11.2. The molecular weight excluding hydrogens is 302 g/mol. The molecule has 2 aromatic rings. The molecule has 19 heavy (non-hydrogen) atoms. The zero-order valence-corrected chi connectivity index (χ0v) is 12.9. The second-order valence-electron chi connectivity index (χ2n) is 4.82. The van der Waals surface area contributed by atoms with Crippen LogP contribution in [-0.2, 0) is 0 Å². The van der Waals surface area contributed by atoms with Crippen LogP contribution in [0.15, 0.2) is 34.8 Å². The first-order valence-electron chi connectivity index (χ1n) is 6.74. The van der Waals surface area contributed by atoms with Gasteiger partial charge in [0.1, 0.15) is 5.69 Å². The first kappa shape index (κ1) is 14.2. The lowest BCUT2D eigenvalue weighted by Gasteiger charge is -2.11. The summed E-state index contributed by atoms with van der Waals surface area (Å²) in [6, 6.07) is 9.83. The van der Waals surface area contributed by atoms with E-state index in [1.165, 1.54) is 0 Å². The number of benzene rings is 1. The standard InChI is InChI=1S/C16H18BrNO/c1-3-11(4-2)9-15(19)16-13(17)10-12-7-5-6-8-14(12)18-16/h5-8,10-11H,3-4,9H2,1-2H3. The molecule has 0 atom stereocenters. The minimum atomic E-state index is 0.131. The Balaban J connectivity index is 2.33. The summed E-state index contributed by atoms with van der Waals surface area (Å²) in [6.07, 6.45) is 2.65. The third-order valence-electron chi connectivity index (χ3n) is 3.57. The molecule has 0 bridgehead atoms. The van der Waals surface area contributed by atoms with Crippen LogP contribution >= 0.6 is 15.9 Å². The Morgan fingerprint density at radius 3 is 2.63 bits per heavy atom. The number of fused-ring (bicyclic) bond motifs is 1. The van der Waals surface area contributed by atoms with Crippen LogP contribution < -0.4 is 0 Å². The van der Waals surface area contributed by atoms with Crippen LogP contribution in [0.4, 0.5) is 0 Å². The summed E-state index contributed by atoms with van der Waals surface area (Å²) in [4.78, 5) is 16.8. The van der Waals surface area contributed by atoms with Crippen LogP contribution in [0.5, 0.6) is 0 Å². The van der Waals surface area contributed by atoms with Gasteiger partial charge < -0.3 is 0 Å². The lowest BCUT2D eigenvalue weighted by atomic mass is 9.95. The zero-order chi connectivity index (χ0) is 13.8. The van der Waals surface area contributed by atoms with Crippen molar-refractivity contribution in [2.45, 2.75) is 33.1 Å². The summed E-state index contributed by atoms with van der Waals surface area (Å²) in [5.74, 6) is 0.582. The number of ketones is 1. The van der Waals surface area contributed by atoms with Gasteiger partial charge in [0.05, 0.1) is 5.52 Å². The van der Waals surface area contributed by atoms with E-state index in [1.807, 2.05) is 30.3 Å². The fourth-order valence-corrected chi connectivity index (χ4v) is 2.78. The lowest BCUT2D eigenvalue weighted by molar-refractivity contribution is 0.0953. The molecule has 100 valence electrons. The second-order valence-corrected chi connectivity index (χ2v) is 5.68. The molecule has 2 nitrogen and oxygen atoms in total. The molecule has 1 heterocycles. The molecule has 0 spiro atoms. The summed E-state index contributed by atoms with van der Waals surface area (Å²) in [5, 5.41) is 1.05. The van der Waals surface area contributed by atoms with Gasteiger partial charge in [-0.05, 0) is 34.0 Å². The molecule has 2 rings (SSSR count). The molecule has 0 saturated heterocycles. The molecule has 0 N–H and O–H groups in total. The summed E-state index contributed by atoms with van der Waals surface area (Å²) < 4.78 is 0.794. The largest absolute Gasteiger partial charge is 0.292 e. The molecule has 0 saturated carbocycles. The number of pyridine rings is 1. The Hall–Kier alpha value is -1.22. The third-order valence-corrected chi connectivity index (χ3v) is 4.17. The van der Waals surface area contributed by atoms with Gasteiger partial charge in [-0.1, -0.05) is 44.9 Å². The van der Waals surface area contributed by atoms with E-state index in [2.05, 4.69) is 34.8 Å². The van der Waals surface area contributed by atoms with E-state index in [-0.39, 0.29) is 5.78 Å². The fourth-order valence-electron chi connectivity index (χ4n) is 2.22. The van der Waals surface area contributed by atoms with Crippen LogP contribution in [0.25, 0.3) is 10.9 Å². The van der Waals surface area contributed by atoms with Crippen molar-refractivity contribution in [3.8, 4) is 0 Å². The van der Waals surface area contributed by atoms with Crippen LogP contribution in [-0.4, -0.2) is 10.8 Å². The van der Waals surface area contributed by atoms with Gasteiger partial charge in [0.15, 0.2) is 5.78 Å². The topological polar surface area (TPSA) is 30.0 Å². The molecule has 0 aliphatic heterocycles. The summed E-state index contributed by atoms with van der Waals surface area (Å²) in [5.41, 5.74) is 1.43. The third kappa shape index (κ3) is 3.21. The maximum absolute atomic E-state index is 12.3. The number of halogens is 1. The van der Waals surface area contributed by atoms with E-state index in [0.717, 1.165) is 28.2 Å². The number of para-hydroxylation sites is 1. The Labute approximate surface area is 122 Å². The molecule has 1 aromatic carbocycles. The van der Waals surface area contributed by atoms with Crippen molar-refractivity contribution in [3.63, 3.8) is 0 Å². The van der Waals surface area contributed by atoms with Gasteiger partial charge in [0.2, 0.25) is 0 Å². The van der Waals surface area contributed by atoms with E-state index >= 15 is 0 Å². The maximum atomic E-state index is 12.3. The Bertz CT molecular complexity index is 590. The highest BCUT2D eigenvalue weighted by atomic mass is 79.9. The molecule has 0 unspecified atom stereocenters. The van der Waals surface area contributed by atoms with Gasteiger partial charge in [0.25, 0.3) is 0 Å². The summed E-state index contributed by atoms with van der Waals surface area (Å²) in [7, 11) is 0. The minimum absolute atomic E-state index is 0.131. The molecule has 3 heteroatoms. The average molecular weight is 320 g/mol. The molecule has 0 aliphatic carbocycles. The number of hydrogen-bond donors (Lipinski definition) is 0. The smallest absolute Gasteiger partial charge is 0.182 e. The molecule has 0 fully saturated rings. The van der Waals surface area contributed by atoms with Gasteiger partial charge in [0, 0.05) is 16.3 Å². The lowest BCUT2D eigenvalue weighted by Crippen LogP contribution is -2.10. The quantitative estimate of drug-likeness (QED) is 0.725. The molecule has 0 aliphatic rings. The zero-order valence-electron chi connectivity index (χ0n) is 11.3. The number of nitrogens with zero attached hydrogens (tertiary/aromatic N) is 1. The molecule has 0 amide bonds. The summed E-state index contributed by atoms with van der Waals surface area (Å²) >= 11 is 3.47. The van der Waals surface area contributed by atoms with E-state index in [4.69, 9.17) is 0 Å². The number of hydrogen-bond acceptors (Lipinski definition) is 2. The first-order chi connectivity index (χ1) is 9.15. The molecule has 1 aromatic heterocycles. The predicted molar refractivity (Wildman–Crippen MR) is 82.5 cm³/mol. The van der Waals surface area contributed by atoms with Crippen LogP contribution in [0.3, 0.4) is 0 Å². The maximum Gasteiger partial charge on any atom is 0.182 e. The molecular formula is C16H18BrNO. The van der Waals surface area contributed by atoms with Gasteiger partial charge in [-0.25, -0.2) is 4.98 Å². The van der Waals surface area contributed by atoms with Crippen molar-refractivity contribution in [2.75, 3.05) is 0 Å². The van der Waals surface area contributed by atoms with Crippen molar-refractivity contribution in [3.05, 3.63) is 40.5 Å². The molecule has 0 radical (unpaired) electrons. The average Bonchev–Trinajstić information content (AvgIpc) is 2.43. The van der Waals surface area contributed by atoms with Gasteiger partial charge in [-0.2, -0.15) is 0 Å². The Morgan fingerprint density at radius 1 is 1.26 bits per heavy atom. The number of carbonyl (C=O) groups excluding carboxylic acids is 1. The van der Waals surface area contributed by atoms with E-state index in [1.54, 1.807) is 0 Å². The van der Waals surface area contributed by atoms with Crippen molar-refractivity contribution < 1.29 is 4.79 Å². The first-order valence-corrected chi connectivity index (χ1v) is 7.53. The number of rotatable bonds is 5. The van der Waals surface area contributed by atoms with Crippen molar-refractivity contribution in [1.29, 1.82) is 0 Å². The minimum Gasteiger partial charge on any atom is -0.292 e. The second kappa shape index (κ2) is 6.29. The van der Waals surface area contributed by atoms with Gasteiger partial charge in [-0.15, -0.1) is 0 Å². The summed E-state index contributed by atoms with van der Waals surface area (Å²) in [6.45, 7) is 4.26. The van der Waals surface area contributed by atoms with Gasteiger partial charge >= 0.3 is 0 Å². The highest BCUT2D eigenvalue weighted by Crippen LogP contribution is 2.24. The van der Waals surface area contributed by atoms with Crippen LogP contribution in [0.1, 0.15) is 43.6 Å². The highest BCUT2D eigenvalue weighted by Gasteiger charge is 2.17. The van der Waals surface area contributed by atoms with Crippen LogP contribution in [0, 0.1) is 5.92 Å². The van der Waals surface area contributed by atoms with Crippen molar-refractivity contribution >= 4 is 32.6 Å². The highest BCUT2D eigenvalue weighted by molar-refractivity contribution is 9.10. The van der Waals surface area contributed by atoms with E-state index < -0.39 is 0 Å². The SMILES string of the molecule is CCC(CC)CC(=O)c1nc2ccccc2cc1Br. The van der Waals surface area contributed by atoms with E-state index in [0.29, 0.717) is 18.0 Å². The van der Waals surface area contributed by atoms with Gasteiger partial charge in [-0.3, -0.25) is 4.79 Å². The monoisotopic (exact) mass is 319 g/mol. The Kier molecular flexibility index (Phi) is 4.70. The van der Waals surface area contributed by atoms with Crippen LogP contribution in [0.2, 0.25) is 0 Å². The number of carbonyl (C=O) groups is 1. The predicted octanol–water partition coefficient (Wildman–Crippen LogP) is 5.01. The van der Waals surface area contributed by atoms with E-state index in [9.17, 15) is 4.79 Å².